The van der Waals surface area contributed by atoms with Crippen molar-refractivity contribution in [3.8, 4) is 11.3 Å². The zero-order valence-electron chi connectivity index (χ0n) is 17.1. The molecule has 0 radical (unpaired) electrons. The molecule has 4 aromatic rings. The van der Waals surface area contributed by atoms with Crippen molar-refractivity contribution in [3.63, 3.8) is 0 Å². The average molecular weight is 436 g/mol. The van der Waals surface area contributed by atoms with Crippen molar-refractivity contribution in [1.82, 2.24) is 19.5 Å². The molecule has 0 unspecified atom stereocenters. The second-order valence-electron chi connectivity index (χ2n) is 7.83. The van der Waals surface area contributed by atoms with E-state index >= 15 is 0 Å². The molecule has 0 aliphatic heterocycles. The van der Waals surface area contributed by atoms with Gasteiger partial charge in [-0.05, 0) is 55.5 Å². The lowest BCUT2D eigenvalue weighted by atomic mass is 10.0. The number of nitrogens with zero attached hydrogens (tertiary/aromatic N) is 3. The van der Waals surface area contributed by atoms with Crippen LogP contribution < -0.4 is 10.3 Å². The number of aromatic nitrogens is 4. The Balaban J connectivity index is 1.65. The van der Waals surface area contributed by atoms with Crippen molar-refractivity contribution in [3.05, 3.63) is 70.5 Å². The third-order valence-corrected chi connectivity index (χ3v) is 7.07. The van der Waals surface area contributed by atoms with E-state index in [2.05, 4.69) is 14.7 Å². The largest absolute Gasteiger partial charge is 0.357 e. The SMILES string of the molecule is Cc1ncccc1S(=O)(=O)Nc1ccc(C2CC2)c(-c2cn(C)c(=O)c3[nH]ccc23)n1. The highest BCUT2D eigenvalue weighted by molar-refractivity contribution is 7.92. The smallest absolute Gasteiger partial charge is 0.274 e. The van der Waals surface area contributed by atoms with Crippen molar-refractivity contribution in [2.45, 2.75) is 30.6 Å². The highest BCUT2D eigenvalue weighted by Crippen LogP contribution is 2.45. The van der Waals surface area contributed by atoms with Crippen LogP contribution in [0.2, 0.25) is 0 Å². The minimum atomic E-state index is -3.84. The van der Waals surface area contributed by atoms with Gasteiger partial charge in [0.2, 0.25) is 0 Å². The molecule has 0 amide bonds. The number of anilines is 1. The van der Waals surface area contributed by atoms with Gasteiger partial charge in [-0.25, -0.2) is 13.4 Å². The van der Waals surface area contributed by atoms with Crippen LogP contribution in [0.1, 0.15) is 30.0 Å². The lowest BCUT2D eigenvalue weighted by Gasteiger charge is -2.14. The number of hydrogen-bond acceptors (Lipinski definition) is 5. The Kier molecular flexibility index (Phi) is 4.44. The number of aromatic amines is 1. The van der Waals surface area contributed by atoms with Gasteiger partial charge in [0.05, 0.1) is 11.4 Å². The maximum Gasteiger partial charge on any atom is 0.274 e. The fourth-order valence-electron chi connectivity index (χ4n) is 3.87. The van der Waals surface area contributed by atoms with Gasteiger partial charge in [-0.2, -0.15) is 0 Å². The van der Waals surface area contributed by atoms with E-state index in [1.54, 1.807) is 44.7 Å². The summed E-state index contributed by atoms with van der Waals surface area (Å²) < 4.78 is 30.0. The van der Waals surface area contributed by atoms with Crippen molar-refractivity contribution >= 4 is 26.7 Å². The van der Waals surface area contributed by atoms with Crippen LogP contribution in [0.15, 0.2) is 58.6 Å². The molecule has 1 fully saturated rings. The molecule has 4 heterocycles. The maximum atomic E-state index is 12.9. The predicted octanol–water partition coefficient (Wildman–Crippen LogP) is 3.31. The van der Waals surface area contributed by atoms with Crippen molar-refractivity contribution in [1.29, 1.82) is 0 Å². The molecule has 9 heteroatoms. The Morgan fingerprint density at radius 2 is 2.00 bits per heavy atom. The zero-order chi connectivity index (χ0) is 21.8. The summed E-state index contributed by atoms with van der Waals surface area (Å²) in [5.74, 6) is 0.611. The van der Waals surface area contributed by atoms with Gasteiger partial charge < -0.3 is 9.55 Å². The van der Waals surface area contributed by atoms with Crippen molar-refractivity contribution in [2.75, 3.05) is 4.72 Å². The summed E-state index contributed by atoms with van der Waals surface area (Å²) in [7, 11) is -2.15. The average Bonchev–Trinajstić information content (AvgIpc) is 3.46. The fraction of sp³-hybridized carbons (Fsp3) is 0.227. The second kappa shape index (κ2) is 7.05. The van der Waals surface area contributed by atoms with E-state index in [-0.39, 0.29) is 16.3 Å². The summed E-state index contributed by atoms with van der Waals surface area (Å²) in [5, 5.41) is 0.764. The Labute approximate surface area is 179 Å². The number of pyridine rings is 3. The molecule has 0 spiro atoms. The zero-order valence-corrected chi connectivity index (χ0v) is 17.9. The summed E-state index contributed by atoms with van der Waals surface area (Å²) in [6.07, 6.45) is 7.17. The highest BCUT2D eigenvalue weighted by atomic mass is 32.2. The highest BCUT2D eigenvalue weighted by Gasteiger charge is 2.29. The van der Waals surface area contributed by atoms with Crippen LogP contribution in [0, 0.1) is 6.92 Å². The quantitative estimate of drug-likeness (QED) is 0.500. The first-order valence-electron chi connectivity index (χ1n) is 9.97. The molecule has 31 heavy (non-hydrogen) atoms. The number of hydrogen-bond donors (Lipinski definition) is 2. The molecule has 0 atom stereocenters. The van der Waals surface area contributed by atoms with E-state index in [1.165, 1.54) is 10.6 Å². The topological polar surface area (TPSA) is 110 Å². The van der Waals surface area contributed by atoms with Gasteiger partial charge >= 0.3 is 0 Å². The van der Waals surface area contributed by atoms with Gasteiger partial charge in [0.1, 0.15) is 16.2 Å². The Hall–Kier alpha value is -3.46. The maximum absolute atomic E-state index is 12.9. The summed E-state index contributed by atoms with van der Waals surface area (Å²) in [6.45, 7) is 1.65. The molecule has 1 saturated carbocycles. The molecule has 0 bridgehead atoms. The van der Waals surface area contributed by atoms with Crippen LogP contribution in [0.25, 0.3) is 22.2 Å². The van der Waals surface area contributed by atoms with E-state index in [0.29, 0.717) is 22.8 Å². The number of sulfonamides is 1. The standard InChI is InChI=1S/C22H21N5O3S/c1-13-18(4-3-10-23-13)31(29,30)26-19-8-7-15(14-5-6-14)20(25-19)17-12-27(2)22(28)21-16(17)9-11-24-21/h3-4,7-12,14,24H,5-6H2,1-2H3,(H,25,26). The molecular formula is C22H21N5O3S. The second-order valence-corrected chi connectivity index (χ2v) is 9.48. The summed E-state index contributed by atoms with van der Waals surface area (Å²) in [6, 6.07) is 8.57. The third-order valence-electron chi connectivity index (χ3n) is 5.58. The molecule has 1 aliphatic rings. The minimum Gasteiger partial charge on any atom is -0.357 e. The van der Waals surface area contributed by atoms with Gasteiger partial charge in [0.15, 0.2) is 0 Å². The molecule has 0 aromatic carbocycles. The fourth-order valence-corrected chi connectivity index (χ4v) is 5.07. The monoisotopic (exact) mass is 435 g/mol. The van der Waals surface area contributed by atoms with E-state index < -0.39 is 10.0 Å². The molecule has 0 saturated heterocycles. The third kappa shape index (κ3) is 3.40. The van der Waals surface area contributed by atoms with Crippen LogP contribution in [0.3, 0.4) is 0 Å². The number of rotatable bonds is 5. The normalized spacial score (nSPS) is 14.1. The molecule has 1 aliphatic carbocycles. The van der Waals surface area contributed by atoms with E-state index in [1.807, 2.05) is 12.1 Å². The van der Waals surface area contributed by atoms with Gasteiger partial charge in [-0.3, -0.25) is 14.5 Å². The predicted molar refractivity (Wildman–Crippen MR) is 119 cm³/mol. The van der Waals surface area contributed by atoms with E-state index in [9.17, 15) is 13.2 Å². The van der Waals surface area contributed by atoms with Gasteiger partial charge in [0.25, 0.3) is 15.6 Å². The summed E-state index contributed by atoms with van der Waals surface area (Å²) >= 11 is 0. The molecule has 8 nitrogen and oxygen atoms in total. The first kappa shape index (κ1) is 19.5. The minimum absolute atomic E-state index is 0.111. The van der Waals surface area contributed by atoms with Crippen LogP contribution in [0.5, 0.6) is 0 Å². The Morgan fingerprint density at radius 3 is 2.74 bits per heavy atom. The van der Waals surface area contributed by atoms with E-state index in [4.69, 9.17) is 4.98 Å². The first-order valence-corrected chi connectivity index (χ1v) is 11.5. The molecule has 158 valence electrons. The molecule has 4 aromatic heterocycles. The molecular weight excluding hydrogens is 414 g/mol. The Bertz CT molecular complexity index is 1480. The van der Waals surface area contributed by atoms with Crippen LogP contribution in [0.4, 0.5) is 5.82 Å². The van der Waals surface area contributed by atoms with Crippen LogP contribution >= 0.6 is 0 Å². The lowest BCUT2D eigenvalue weighted by Crippen LogP contribution is -2.17. The Morgan fingerprint density at radius 1 is 1.19 bits per heavy atom. The summed E-state index contributed by atoms with van der Waals surface area (Å²) in [5.41, 5.74) is 3.32. The number of fused-ring (bicyclic) bond motifs is 1. The lowest BCUT2D eigenvalue weighted by molar-refractivity contribution is 0.600. The van der Waals surface area contributed by atoms with E-state index in [0.717, 1.165) is 29.4 Å². The number of nitrogens with one attached hydrogen (secondary N) is 2. The molecule has 5 rings (SSSR count). The molecule has 2 N–H and O–H groups in total. The van der Waals surface area contributed by atoms with Crippen LogP contribution in [-0.2, 0) is 17.1 Å². The van der Waals surface area contributed by atoms with Gasteiger partial charge in [-0.1, -0.05) is 6.07 Å². The van der Waals surface area contributed by atoms with Crippen LogP contribution in [-0.4, -0.2) is 27.9 Å². The van der Waals surface area contributed by atoms with Gasteiger partial charge in [-0.15, -0.1) is 0 Å². The number of aryl methyl sites for hydroxylation is 2. The van der Waals surface area contributed by atoms with Gasteiger partial charge in [0, 0.05) is 36.6 Å². The summed E-state index contributed by atoms with van der Waals surface area (Å²) in [4.78, 5) is 24.3. The van der Waals surface area contributed by atoms with Crippen molar-refractivity contribution in [2.24, 2.45) is 7.05 Å². The number of H-pyrrole nitrogens is 1. The first-order chi connectivity index (χ1) is 14.8. The van der Waals surface area contributed by atoms with Crippen molar-refractivity contribution < 1.29 is 8.42 Å².